The van der Waals surface area contributed by atoms with E-state index in [-0.39, 0.29) is 11.7 Å². The van der Waals surface area contributed by atoms with Crippen molar-refractivity contribution >= 4 is 23.4 Å². The van der Waals surface area contributed by atoms with Crippen molar-refractivity contribution in [2.24, 2.45) is 7.05 Å². The lowest BCUT2D eigenvalue weighted by Gasteiger charge is -2.12. The first-order valence-corrected chi connectivity index (χ1v) is 8.99. The normalized spacial score (nSPS) is 11.6. The smallest absolute Gasteiger partial charge is 0.237 e. The number of anilines is 1. The van der Waals surface area contributed by atoms with Crippen LogP contribution >= 0.6 is 11.8 Å². The molecule has 0 saturated heterocycles. The molecule has 3 rings (SSSR count). The first-order valence-electron chi connectivity index (χ1n) is 8.11. The van der Waals surface area contributed by atoms with E-state index in [2.05, 4.69) is 15.5 Å². The van der Waals surface area contributed by atoms with Gasteiger partial charge in [0.05, 0.1) is 16.5 Å². The summed E-state index contributed by atoms with van der Waals surface area (Å²) < 4.78 is 14.8. The van der Waals surface area contributed by atoms with Gasteiger partial charge in [0.2, 0.25) is 5.91 Å². The molecule has 1 atom stereocenters. The summed E-state index contributed by atoms with van der Waals surface area (Å²) in [5.41, 5.74) is 1.61. The average molecular weight is 381 g/mol. The Kier molecular flexibility index (Phi) is 5.52. The number of halogens is 1. The summed E-state index contributed by atoms with van der Waals surface area (Å²) in [7, 11) is 1.79. The molecular weight excluding hydrogens is 365 g/mol. The molecule has 0 bridgehead atoms. The van der Waals surface area contributed by atoms with E-state index in [0.29, 0.717) is 22.2 Å². The van der Waals surface area contributed by atoms with Crippen molar-refractivity contribution in [2.75, 3.05) is 5.32 Å². The predicted octanol–water partition coefficient (Wildman–Crippen LogP) is 3.61. The van der Waals surface area contributed by atoms with Gasteiger partial charge in [-0.3, -0.25) is 4.79 Å². The zero-order valence-electron chi connectivity index (χ0n) is 14.7. The van der Waals surface area contributed by atoms with Gasteiger partial charge < -0.3 is 9.88 Å². The minimum Gasteiger partial charge on any atom is -0.324 e. The maximum Gasteiger partial charge on any atom is 0.237 e. The van der Waals surface area contributed by atoms with Gasteiger partial charge in [-0.25, -0.2) is 4.39 Å². The lowest BCUT2D eigenvalue weighted by atomic mass is 10.2. The molecule has 27 heavy (non-hydrogen) atoms. The van der Waals surface area contributed by atoms with Crippen LogP contribution in [0.2, 0.25) is 0 Å². The number of thioether (sulfide) groups is 1. The highest BCUT2D eigenvalue weighted by Crippen LogP contribution is 2.26. The van der Waals surface area contributed by atoms with E-state index in [1.807, 2.05) is 6.07 Å². The summed E-state index contributed by atoms with van der Waals surface area (Å²) in [6, 6.07) is 14.8. The molecule has 0 spiro atoms. The average Bonchev–Trinajstić information content (AvgIpc) is 3.03. The number of benzene rings is 2. The number of carbonyl (C=O) groups is 1. The molecule has 0 aliphatic rings. The first-order chi connectivity index (χ1) is 13.0. The summed E-state index contributed by atoms with van der Waals surface area (Å²) in [5, 5.41) is 20.2. The molecule has 8 heteroatoms. The van der Waals surface area contributed by atoms with Crippen molar-refractivity contribution in [1.29, 1.82) is 5.26 Å². The van der Waals surface area contributed by atoms with Crippen LogP contribution in [0.25, 0.3) is 11.4 Å². The van der Waals surface area contributed by atoms with Gasteiger partial charge in [-0.15, -0.1) is 10.2 Å². The molecule has 6 nitrogen and oxygen atoms in total. The Morgan fingerprint density at radius 3 is 2.63 bits per heavy atom. The topological polar surface area (TPSA) is 83.6 Å². The number of rotatable bonds is 5. The third-order valence-corrected chi connectivity index (χ3v) is 5.03. The van der Waals surface area contributed by atoms with E-state index in [9.17, 15) is 9.18 Å². The molecule has 0 unspecified atom stereocenters. The largest absolute Gasteiger partial charge is 0.324 e. The Morgan fingerprint density at radius 2 is 1.93 bits per heavy atom. The molecular formula is C19H16FN5OS. The molecule has 2 aromatic carbocycles. The molecule has 0 fully saturated rings. The second kappa shape index (κ2) is 8.01. The Hall–Kier alpha value is -3.18. The molecule has 1 amide bonds. The van der Waals surface area contributed by atoms with Gasteiger partial charge in [0.25, 0.3) is 0 Å². The van der Waals surface area contributed by atoms with Crippen molar-refractivity contribution in [3.63, 3.8) is 0 Å². The SMILES string of the molecule is C[C@H](Sc1nnc(-c2ccc(F)cc2)n1C)C(=O)Nc1ccccc1C#N. The lowest BCUT2D eigenvalue weighted by molar-refractivity contribution is -0.115. The fourth-order valence-corrected chi connectivity index (χ4v) is 3.22. The number of hydrogen-bond acceptors (Lipinski definition) is 5. The highest BCUT2D eigenvalue weighted by Gasteiger charge is 2.20. The summed E-state index contributed by atoms with van der Waals surface area (Å²) >= 11 is 1.25. The number of carbonyl (C=O) groups excluding carboxylic acids is 1. The molecule has 1 N–H and O–H groups in total. The second-order valence-electron chi connectivity index (χ2n) is 5.78. The summed E-state index contributed by atoms with van der Waals surface area (Å²) in [4.78, 5) is 12.5. The van der Waals surface area contributed by atoms with Crippen LogP contribution in [0.5, 0.6) is 0 Å². The molecule has 3 aromatic rings. The van der Waals surface area contributed by atoms with Gasteiger partial charge in [-0.05, 0) is 43.3 Å². The van der Waals surface area contributed by atoms with Crippen molar-refractivity contribution in [3.05, 3.63) is 59.9 Å². The quantitative estimate of drug-likeness (QED) is 0.683. The van der Waals surface area contributed by atoms with Gasteiger partial charge in [0, 0.05) is 12.6 Å². The zero-order chi connectivity index (χ0) is 19.4. The van der Waals surface area contributed by atoms with Crippen LogP contribution in [0.3, 0.4) is 0 Å². The Bertz CT molecular complexity index is 1010. The van der Waals surface area contributed by atoms with Crippen LogP contribution in [0.4, 0.5) is 10.1 Å². The van der Waals surface area contributed by atoms with E-state index in [4.69, 9.17) is 5.26 Å². The van der Waals surface area contributed by atoms with E-state index in [1.54, 1.807) is 54.9 Å². The second-order valence-corrected chi connectivity index (χ2v) is 7.09. The van der Waals surface area contributed by atoms with Gasteiger partial charge in [0.15, 0.2) is 11.0 Å². The molecule has 1 heterocycles. The third kappa shape index (κ3) is 4.15. The van der Waals surface area contributed by atoms with Crippen LogP contribution < -0.4 is 5.32 Å². The van der Waals surface area contributed by atoms with E-state index >= 15 is 0 Å². The van der Waals surface area contributed by atoms with Gasteiger partial charge in [-0.1, -0.05) is 23.9 Å². The molecule has 0 radical (unpaired) electrons. The monoisotopic (exact) mass is 381 g/mol. The van der Waals surface area contributed by atoms with Crippen molar-refractivity contribution in [1.82, 2.24) is 14.8 Å². The number of para-hydroxylation sites is 1. The fraction of sp³-hybridized carbons (Fsp3) is 0.158. The van der Waals surface area contributed by atoms with Crippen molar-refractivity contribution in [2.45, 2.75) is 17.3 Å². The third-order valence-electron chi connectivity index (χ3n) is 3.89. The lowest BCUT2D eigenvalue weighted by Crippen LogP contribution is -2.23. The van der Waals surface area contributed by atoms with E-state index < -0.39 is 5.25 Å². The van der Waals surface area contributed by atoms with Crippen LogP contribution in [0, 0.1) is 17.1 Å². The number of nitrogens with one attached hydrogen (secondary N) is 1. The number of aromatic nitrogens is 3. The van der Waals surface area contributed by atoms with Crippen molar-refractivity contribution < 1.29 is 9.18 Å². The summed E-state index contributed by atoms with van der Waals surface area (Å²) in [6.07, 6.45) is 0. The highest BCUT2D eigenvalue weighted by atomic mass is 32.2. The van der Waals surface area contributed by atoms with E-state index in [1.165, 1.54) is 23.9 Å². The van der Waals surface area contributed by atoms with Crippen molar-refractivity contribution in [3.8, 4) is 17.5 Å². The molecule has 0 saturated carbocycles. The number of amides is 1. The van der Waals surface area contributed by atoms with Crippen LogP contribution in [0.1, 0.15) is 12.5 Å². The van der Waals surface area contributed by atoms with Gasteiger partial charge in [0.1, 0.15) is 11.9 Å². The zero-order valence-corrected chi connectivity index (χ0v) is 15.5. The predicted molar refractivity (Wildman–Crippen MR) is 102 cm³/mol. The first kappa shape index (κ1) is 18.6. The van der Waals surface area contributed by atoms with Crippen LogP contribution in [-0.2, 0) is 11.8 Å². The maximum atomic E-state index is 13.1. The van der Waals surface area contributed by atoms with Crippen LogP contribution in [-0.4, -0.2) is 25.9 Å². The highest BCUT2D eigenvalue weighted by molar-refractivity contribution is 8.00. The molecule has 136 valence electrons. The number of nitrogens with zero attached hydrogens (tertiary/aromatic N) is 4. The Morgan fingerprint density at radius 1 is 1.22 bits per heavy atom. The van der Waals surface area contributed by atoms with Crippen LogP contribution in [0.15, 0.2) is 53.7 Å². The molecule has 0 aliphatic carbocycles. The molecule has 0 aliphatic heterocycles. The maximum absolute atomic E-state index is 13.1. The standard InChI is InChI=1S/C19H16FN5OS/c1-12(18(26)22-16-6-4-3-5-14(16)11-21)27-19-24-23-17(25(19)2)13-7-9-15(20)10-8-13/h3-10,12H,1-2H3,(H,22,26)/t12-/m0/s1. The Balaban J connectivity index is 1.72. The summed E-state index contributed by atoms with van der Waals surface area (Å²) in [5.74, 6) is 0.0208. The minimum atomic E-state index is -0.458. The minimum absolute atomic E-state index is 0.242. The molecule has 1 aromatic heterocycles. The van der Waals surface area contributed by atoms with Gasteiger partial charge >= 0.3 is 0 Å². The van der Waals surface area contributed by atoms with Gasteiger partial charge in [-0.2, -0.15) is 5.26 Å². The van der Waals surface area contributed by atoms with E-state index in [0.717, 1.165) is 5.56 Å². The number of hydrogen-bond donors (Lipinski definition) is 1. The summed E-state index contributed by atoms with van der Waals surface area (Å²) in [6.45, 7) is 1.75. The fourth-order valence-electron chi connectivity index (χ4n) is 2.40. The number of nitriles is 1. The Labute approximate surface area is 160 Å².